The van der Waals surface area contributed by atoms with Crippen LogP contribution in [0.3, 0.4) is 0 Å². The minimum absolute atomic E-state index is 0.00337. The normalized spacial score (nSPS) is 18.2. The van der Waals surface area contributed by atoms with Gasteiger partial charge in [0.05, 0.1) is 11.9 Å². The highest BCUT2D eigenvalue weighted by Gasteiger charge is 2.43. The second-order valence-electron chi connectivity index (χ2n) is 6.94. The van der Waals surface area contributed by atoms with Gasteiger partial charge in [-0.05, 0) is 43.6 Å². The van der Waals surface area contributed by atoms with Crippen molar-refractivity contribution in [2.75, 3.05) is 5.32 Å². The van der Waals surface area contributed by atoms with Gasteiger partial charge in [-0.15, -0.1) is 4.36 Å². The number of aryl methyl sites for hydroxylation is 1. The number of alkyl halides is 3. The fourth-order valence-corrected chi connectivity index (χ4v) is 4.39. The van der Waals surface area contributed by atoms with Crippen molar-refractivity contribution >= 4 is 21.6 Å². The standard InChI is InChI=1S/C16H16F4N6O2S/c17-9-6-22-25-14(9)29(21,28)26-15(27)24-12-8-2-1-3-10(8)23-13(16(18,19)20)11(12)7-4-5-7/h6-7H,1-5H2,(H,22,25)(H3,21,23,24,26,27,28). The molecule has 2 aromatic heterocycles. The number of nitrogens with zero attached hydrogens (tertiary/aromatic N) is 3. The number of nitrogens with one attached hydrogen (secondary N) is 2. The smallest absolute Gasteiger partial charge is 0.305 e. The van der Waals surface area contributed by atoms with Crippen molar-refractivity contribution in [2.24, 2.45) is 9.50 Å². The van der Waals surface area contributed by atoms with Gasteiger partial charge in [0.25, 0.3) is 0 Å². The SMILES string of the molecule is NS(=O)(=NC(=O)Nc1c2c(nc(C(F)(F)F)c1C1CC1)CCC2)c1[nH]ncc1F. The van der Waals surface area contributed by atoms with Crippen LogP contribution in [0.1, 0.15) is 47.7 Å². The molecule has 1 fully saturated rings. The van der Waals surface area contributed by atoms with Crippen LogP contribution in [0.25, 0.3) is 0 Å². The molecule has 0 bridgehead atoms. The van der Waals surface area contributed by atoms with Crippen molar-refractivity contribution in [3.63, 3.8) is 0 Å². The van der Waals surface area contributed by atoms with E-state index in [1.165, 1.54) is 0 Å². The number of urea groups is 1. The summed E-state index contributed by atoms with van der Waals surface area (Å²) >= 11 is 0. The molecule has 2 aliphatic carbocycles. The number of aromatic nitrogens is 3. The molecule has 29 heavy (non-hydrogen) atoms. The van der Waals surface area contributed by atoms with Crippen molar-refractivity contribution < 1.29 is 26.6 Å². The summed E-state index contributed by atoms with van der Waals surface area (Å²) in [6.45, 7) is 0. The van der Waals surface area contributed by atoms with E-state index in [-0.39, 0.29) is 22.9 Å². The first-order chi connectivity index (χ1) is 13.6. The summed E-state index contributed by atoms with van der Waals surface area (Å²) in [6, 6.07) is -1.23. The van der Waals surface area contributed by atoms with E-state index >= 15 is 0 Å². The van der Waals surface area contributed by atoms with E-state index in [0.717, 1.165) is 0 Å². The van der Waals surface area contributed by atoms with Gasteiger partial charge in [-0.2, -0.15) is 18.3 Å². The molecule has 2 amide bonds. The Labute approximate surface area is 162 Å². The number of nitrogens with two attached hydrogens (primary N) is 1. The van der Waals surface area contributed by atoms with Crippen molar-refractivity contribution in [2.45, 2.75) is 49.2 Å². The number of H-pyrrole nitrogens is 1. The van der Waals surface area contributed by atoms with Gasteiger partial charge >= 0.3 is 12.2 Å². The Morgan fingerprint density at radius 2 is 2.07 bits per heavy atom. The Hall–Kier alpha value is -2.54. The van der Waals surface area contributed by atoms with Crippen LogP contribution in [0.5, 0.6) is 0 Å². The number of halogens is 4. The molecule has 156 valence electrons. The fourth-order valence-electron chi connectivity index (χ4n) is 3.49. The molecule has 2 aromatic rings. The summed E-state index contributed by atoms with van der Waals surface area (Å²) < 4.78 is 70.1. The van der Waals surface area contributed by atoms with Crippen molar-refractivity contribution in [1.82, 2.24) is 15.2 Å². The van der Waals surface area contributed by atoms with E-state index in [9.17, 15) is 26.6 Å². The van der Waals surface area contributed by atoms with Crippen LogP contribution >= 0.6 is 0 Å². The minimum Gasteiger partial charge on any atom is -0.305 e. The van der Waals surface area contributed by atoms with Crippen LogP contribution in [0, 0.1) is 5.82 Å². The molecule has 4 N–H and O–H groups in total. The highest BCUT2D eigenvalue weighted by molar-refractivity contribution is 7.91. The molecule has 0 aromatic carbocycles. The Bertz CT molecular complexity index is 1120. The molecule has 1 unspecified atom stereocenters. The van der Waals surface area contributed by atoms with Gasteiger partial charge in [0.2, 0.25) is 0 Å². The first kappa shape index (κ1) is 19.8. The highest BCUT2D eigenvalue weighted by Crippen LogP contribution is 2.50. The third-order valence-electron chi connectivity index (χ3n) is 4.82. The van der Waals surface area contributed by atoms with Gasteiger partial charge < -0.3 is 5.32 Å². The predicted octanol–water partition coefficient (Wildman–Crippen LogP) is 3.26. The molecular weight excluding hydrogens is 416 g/mol. The quantitative estimate of drug-likeness (QED) is 0.644. The molecule has 2 heterocycles. The fraction of sp³-hybridized carbons (Fsp3) is 0.438. The molecule has 0 saturated heterocycles. The average molecular weight is 432 g/mol. The van der Waals surface area contributed by atoms with Crippen molar-refractivity contribution in [1.29, 1.82) is 0 Å². The van der Waals surface area contributed by atoms with Gasteiger partial charge in [0.1, 0.15) is 5.69 Å². The van der Waals surface area contributed by atoms with Crippen LogP contribution in [0.4, 0.5) is 28.0 Å². The number of hydrogen-bond acceptors (Lipinski definition) is 4. The average Bonchev–Trinajstić information content (AvgIpc) is 3.15. The summed E-state index contributed by atoms with van der Waals surface area (Å²) in [7, 11) is -4.00. The lowest BCUT2D eigenvalue weighted by atomic mass is 10.00. The second kappa shape index (κ2) is 6.76. The second-order valence-corrected chi connectivity index (χ2v) is 8.67. The number of carbonyl (C=O) groups excluding carboxylic acids is 1. The highest BCUT2D eigenvalue weighted by atomic mass is 32.2. The molecule has 2 aliphatic rings. The van der Waals surface area contributed by atoms with E-state index < -0.39 is 38.7 Å². The van der Waals surface area contributed by atoms with E-state index in [1.54, 1.807) is 0 Å². The van der Waals surface area contributed by atoms with Crippen LogP contribution in [-0.2, 0) is 28.9 Å². The lowest BCUT2D eigenvalue weighted by Gasteiger charge is -2.19. The maximum absolute atomic E-state index is 13.6. The van der Waals surface area contributed by atoms with Crippen LogP contribution in [0.2, 0.25) is 0 Å². The van der Waals surface area contributed by atoms with E-state index in [1.807, 2.05) is 0 Å². The molecule has 13 heteroatoms. The molecule has 0 radical (unpaired) electrons. The maximum Gasteiger partial charge on any atom is 0.433 e. The number of amides is 2. The summed E-state index contributed by atoms with van der Waals surface area (Å²) in [5, 5.41) is 12.5. The van der Waals surface area contributed by atoms with E-state index in [0.29, 0.717) is 43.9 Å². The number of fused-ring (bicyclic) bond motifs is 1. The van der Waals surface area contributed by atoms with Crippen LogP contribution in [0.15, 0.2) is 15.6 Å². The minimum atomic E-state index is -4.69. The lowest BCUT2D eigenvalue weighted by Crippen LogP contribution is -2.22. The molecule has 4 rings (SSSR count). The number of aromatic amines is 1. The Kier molecular flexibility index (Phi) is 4.61. The Balaban J connectivity index is 1.78. The van der Waals surface area contributed by atoms with Crippen LogP contribution in [-0.4, -0.2) is 25.4 Å². The predicted molar refractivity (Wildman–Crippen MR) is 93.8 cm³/mol. The number of hydrogen-bond donors (Lipinski definition) is 3. The summed E-state index contributed by atoms with van der Waals surface area (Å²) in [6.07, 6.45) is -1.49. The maximum atomic E-state index is 13.6. The summed E-state index contributed by atoms with van der Waals surface area (Å²) in [4.78, 5) is 16.2. The largest absolute Gasteiger partial charge is 0.433 e. The first-order valence-electron chi connectivity index (χ1n) is 8.75. The van der Waals surface area contributed by atoms with Gasteiger partial charge in [-0.1, -0.05) is 0 Å². The monoisotopic (exact) mass is 432 g/mol. The molecule has 1 atom stereocenters. The van der Waals surface area contributed by atoms with E-state index in [2.05, 4.69) is 24.9 Å². The first-order valence-corrected chi connectivity index (χ1v) is 10.3. The topological polar surface area (TPSA) is 126 Å². The molecule has 0 aliphatic heterocycles. The Morgan fingerprint density at radius 1 is 1.34 bits per heavy atom. The number of pyridine rings is 1. The zero-order valence-electron chi connectivity index (χ0n) is 14.8. The molecule has 0 spiro atoms. The third kappa shape index (κ3) is 3.71. The van der Waals surface area contributed by atoms with E-state index in [4.69, 9.17) is 5.14 Å². The Morgan fingerprint density at radius 3 is 2.66 bits per heavy atom. The van der Waals surface area contributed by atoms with Crippen molar-refractivity contribution in [3.05, 3.63) is 34.5 Å². The summed E-state index contributed by atoms with van der Waals surface area (Å²) in [5.41, 5.74) is -0.330. The number of anilines is 1. The third-order valence-corrected chi connectivity index (χ3v) is 6.13. The summed E-state index contributed by atoms with van der Waals surface area (Å²) in [5.74, 6) is -1.43. The molecule has 8 nitrogen and oxygen atoms in total. The van der Waals surface area contributed by atoms with Crippen LogP contribution < -0.4 is 10.5 Å². The van der Waals surface area contributed by atoms with Gasteiger partial charge in [0, 0.05) is 11.3 Å². The van der Waals surface area contributed by atoms with Crippen molar-refractivity contribution in [3.8, 4) is 0 Å². The van der Waals surface area contributed by atoms with Gasteiger partial charge in [0.15, 0.2) is 20.8 Å². The molecule has 1 saturated carbocycles. The number of carbonyl (C=O) groups is 1. The van der Waals surface area contributed by atoms with Gasteiger partial charge in [-0.25, -0.2) is 23.5 Å². The number of rotatable bonds is 3. The zero-order valence-corrected chi connectivity index (χ0v) is 15.7. The zero-order chi connectivity index (χ0) is 21.0. The van der Waals surface area contributed by atoms with Gasteiger partial charge in [-0.3, -0.25) is 5.10 Å². The lowest BCUT2D eigenvalue weighted by molar-refractivity contribution is -0.141. The molecular formula is C16H16F4N6O2S.